The van der Waals surface area contributed by atoms with Crippen LogP contribution < -0.4 is 0 Å². The van der Waals surface area contributed by atoms with Crippen LogP contribution in [0.1, 0.15) is 5.56 Å². The molecule has 0 nitrogen and oxygen atoms in total. The summed E-state index contributed by atoms with van der Waals surface area (Å²) in [6.07, 6.45) is 6.16. The smallest absolute Gasteiger partial charge is 0.0344 e. The Hall–Kier alpha value is -2.52. The molecule has 0 fully saturated rings. The van der Waals surface area contributed by atoms with Crippen molar-refractivity contribution in [2.24, 2.45) is 0 Å². The van der Waals surface area contributed by atoms with Crippen molar-refractivity contribution in [2.45, 2.75) is 6.42 Å². The highest BCUT2D eigenvalue weighted by Gasteiger charge is 2.08. The first-order valence-electron chi connectivity index (χ1n) is 6.39. The van der Waals surface area contributed by atoms with Gasteiger partial charge in [0.25, 0.3) is 0 Å². The molecular formula is C19H14. The lowest BCUT2D eigenvalue weighted by Gasteiger charge is -2.12. The Morgan fingerprint density at radius 3 is 2.32 bits per heavy atom. The zero-order chi connectivity index (χ0) is 13.1. The minimum atomic E-state index is 0.662. The van der Waals surface area contributed by atoms with Gasteiger partial charge >= 0.3 is 0 Å². The molecule has 0 heterocycles. The average molecular weight is 242 g/mol. The zero-order valence-corrected chi connectivity index (χ0v) is 10.6. The van der Waals surface area contributed by atoms with Gasteiger partial charge in [-0.3, -0.25) is 0 Å². The van der Waals surface area contributed by atoms with E-state index < -0.39 is 0 Å². The van der Waals surface area contributed by atoms with Crippen molar-refractivity contribution in [3.05, 3.63) is 72.3 Å². The van der Waals surface area contributed by atoms with Gasteiger partial charge in [0.05, 0.1) is 0 Å². The molecule has 0 N–H and O–H groups in total. The zero-order valence-electron chi connectivity index (χ0n) is 10.6. The van der Waals surface area contributed by atoms with Crippen molar-refractivity contribution >= 4 is 10.8 Å². The fourth-order valence-electron chi connectivity index (χ4n) is 2.52. The second-order valence-corrected chi connectivity index (χ2v) is 4.57. The minimum Gasteiger partial charge on any atom is -0.120 e. The summed E-state index contributed by atoms with van der Waals surface area (Å²) < 4.78 is 0. The van der Waals surface area contributed by atoms with Crippen molar-refractivity contribution in [3.63, 3.8) is 0 Å². The van der Waals surface area contributed by atoms with Crippen LogP contribution in [0, 0.1) is 12.3 Å². The lowest BCUT2D eigenvalue weighted by molar-refractivity contribution is 1.33. The van der Waals surface area contributed by atoms with Crippen LogP contribution in [-0.2, 0) is 6.42 Å². The molecule has 19 heavy (non-hydrogen) atoms. The summed E-state index contributed by atoms with van der Waals surface area (Å²) in [5.74, 6) is 2.76. The molecule has 90 valence electrons. The predicted octanol–water partition coefficient (Wildman–Crippen LogP) is 4.68. The van der Waals surface area contributed by atoms with Crippen LogP contribution in [0.2, 0.25) is 0 Å². The van der Waals surface area contributed by atoms with Crippen molar-refractivity contribution in [2.75, 3.05) is 0 Å². The van der Waals surface area contributed by atoms with E-state index in [-0.39, 0.29) is 0 Å². The summed E-state index contributed by atoms with van der Waals surface area (Å²) in [6.45, 7) is 0. The van der Waals surface area contributed by atoms with Crippen molar-refractivity contribution in [1.82, 2.24) is 0 Å². The van der Waals surface area contributed by atoms with Crippen LogP contribution in [0.5, 0.6) is 0 Å². The van der Waals surface area contributed by atoms with Crippen molar-refractivity contribution in [3.8, 4) is 23.5 Å². The third kappa shape index (κ3) is 2.11. The SMILES string of the molecule is C#CCc1ccc2ccccc2c1-c1ccccc1. The Morgan fingerprint density at radius 1 is 0.789 bits per heavy atom. The quantitative estimate of drug-likeness (QED) is 0.572. The van der Waals surface area contributed by atoms with Gasteiger partial charge in [-0.15, -0.1) is 12.3 Å². The van der Waals surface area contributed by atoms with Crippen LogP contribution in [-0.4, -0.2) is 0 Å². The molecule has 0 atom stereocenters. The van der Waals surface area contributed by atoms with Crippen LogP contribution in [0.4, 0.5) is 0 Å². The van der Waals surface area contributed by atoms with Gasteiger partial charge in [0, 0.05) is 6.42 Å². The topological polar surface area (TPSA) is 0 Å². The molecule has 0 radical (unpaired) electrons. The Kier molecular flexibility index (Phi) is 3.04. The standard InChI is InChI=1S/C19H14/c1-2-8-16-14-13-15-9-6-7-12-18(15)19(16)17-10-4-3-5-11-17/h1,3-7,9-14H,8H2. The second kappa shape index (κ2) is 5.00. The Bertz CT molecular complexity index is 746. The maximum atomic E-state index is 5.50. The normalized spacial score (nSPS) is 10.3. The molecule has 0 unspecified atom stereocenters. The maximum Gasteiger partial charge on any atom is 0.0344 e. The van der Waals surface area contributed by atoms with E-state index in [9.17, 15) is 0 Å². The summed E-state index contributed by atoms with van der Waals surface area (Å²) in [5, 5.41) is 2.52. The largest absolute Gasteiger partial charge is 0.120 e. The molecule has 0 saturated heterocycles. The summed E-state index contributed by atoms with van der Waals surface area (Å²) in [5.41, 5.74) is 3.70. The van der Waals surface area contributed by atoms with Crippen LogP contribution in [0.3, 0.4) is 0 Å². The fraction of sp³-hybridized carbons (Fsp3) is 0.0526. The van der Waals surface area contributed by atoms with E-state index in [0.29, 0.717) is 6.42 Å². The molecule has 0 aliphatic rings. The molecule has 0 aliphatic carbocycles. The Morgan fingerprint density at radius 2 is 1.53 bits per heavy atom. The van der Waals surface area contributed by atoms with E-state index in [4.69, 9.17) is 6.42 Å². The lowest BCUT2D eigenvalue weighted by atomic mass is 9.92. The number of terminal acetylenes is 1. The van der Waals surface area contributed by atoms with Crippen LogP contribution in [0.25, 0.3) is 21.9 Å². The minimum absolute atomic E-state index is 0.662. The predicted molar refractivity (Wildman–Crippen MR) is 81.9 cm³/mol. The molecule has 0 aliphatic heterocycles. The third-order valence-electron chi connectivity index (χ3n) is 3.37. The molecule has 0 spiro atoms. The molecule has 3 aromatic rings. The molecule has 3 aromatic carbocycles. The number of benzene rings is 3. The average Bonchev–Trinajstić information content (AvgIpc) is 2.48. The van der Waals surface area contributed by atoms with E-state index >= 15 is 0 Å². The molecule has 0 saturated carbocycles. The highest BCUT2D eigenvalue weighted by Crippen LogP contribution is 2.32. The van der Waals surface area contributed by atoms with Crippen LogP contribution in [0.15, 0.2) is 66.7 Å². The molecule has 0 bridgehead atoms. The van der Waals surface area contributed by atoms with Gasteiger partial charge in [-0.2, -0.15) is 0 Å². The highest BCUT2D eigenvalue weighted by atomic mass is 14.1. The number of fused-ring (bicyclic) bond motifs is 1. The first-order valence-corrected chi connectivity index (χ1v) is 6.39. The van der Waals surface area contributed by atoms with Crippen molar-refractivity contribution < 1.29 is 0 Å². The van der Waals surface area contributed by atoms with Crippen LogP contribution >= 0.6 is 0 Å². The molecule has 0 amide bonds. The van der Waals surface area contributed by atoms with Gasteiger partial charge < -0.3 is 0 Å². The van der Waals surface area contributed by atoms with Gasteiger partial charge in [-0.25, -0.2) is 0 Å². The van der Waals surface area contributed by atoms with Gasteiger partial charge in [-0.05, 0) is 27.5 Å². The number of rotatable bonds is 2. The molecule has 3 rings (SSSR count). The Balaban J connectivity index is 2.36. The van der Waals surface area contributed by atoms with Gasteiger partial charge in [-0.1, -0.05) is 66.7 Å². The first kappa shape index (κ1) is 11.6. The lowest BCUT2D eigenvalue weighted by Crippen LogP contribution is -1.90. The summed E-state index contributed by atoms with van der Waals surface area (Å²) in [6, 6.07) is 23.2. The number of hydrogen-bond donors (Lipinski definition) is 0. The van der Waals surface area contributed by atoms with E-state index in [2.05, 4.69) is 66.6 Å². The highest BCUT2D eigenvalue weighted by molar-refractivity contribution is 5.98. The summed E-state index contributed by atoms with van der Waals surface area (Å²) in [7, 11) is 0. The number of hydrogen-bond acceptors (Lipinski definition) is 0. The van der Waals surface area contributed by atoms with Crippen molar-refractivity contribution in [1.29, 1.82) is 0 Å². The third-order valence-corrected chi connectivity index (χ3v) is 3.37. The monoisotopic (exact) mass is 242 g/mol. The van der Waals surface area contributed by atoms with E-state index in [1.165, 1.54) is 27.5 Å². The fourth-order valence-corrected chi connectivity index (χ4v) is 2.52. The van der Waals surface area contributed by atoms with Gasteiger partial charge in [0.15, 0.2) is 0 Å². The summed E-state index contributed by atoms with van der Waals surface area (Å²) in [4.78, 5) is 0. The molecule has 0 aromatic heterocycles. The maximum absolute atomic E-state index is 5.50. The van der Waals surface area contributed by atoms with Gasteiger partial charge in [0.1, 0.15) is 0 Å². The van der Waals surface area contributed by atoms with E-state index in [1.807, 2.05) is 6.07 Å². The van der Waals surface area contributed by atoms with E-state index in [1.54, 1.807) is 0 Å². The molecular weight excluding hydrogens is 228 g/mol. The first-order chi connectivity index (χ1) is 9.40. The van der Waals surface area contributed by atoms with Gasteiger partial charge in [0.2, 0.25) is 0 Å². The van der Waals surface area contributed by atoms with E-state index in [0.717, 1.165) is 0 Å². The Labute approximate surface area is 113 Å². The second-order valence-electron chi connectivity index (χ2n) is 4.57. The molecule has 0 heteroatoms. The summed E-state index contributed by atoms with van der Waals surface area (Å²) >= 11 is 0.